The molecule has 3 heterocycles. The molecule has 2 N–H and O–H groups in total. The van der Waals surface area contributed by atoms with Crippen molar-refractivity contribution in [2.75, 3.05) is 5.73 Å². The van der Waals surface area contributed by atoms with E-state index in [-0.39, 0.29) is 0 Å². The number of nitrogen functional groups attached to an aromatic ring is 1. The number of nitrogens with zero attached hydrogens (tertiary/aromatic N) is 2. The van der Waals surface area contributed by atoms with Crippen molar-refractivity contribution in [3.63, 3.8) is 0 Å². The number of furan rings is 1. The van der Waals surface area contributed by atoms with E-state index in [1.54, 1.807) is 30.7 Å². The highest BCUT2D eigenvalue weighted by Gasteiger charge is 2.15. The lowest BCUT2D eigenvalue weighted by Crippen LogP contribution is -1.88. The summed E-state index contributed by atoms with van der Waals surface area (Å²) in [6.45, 7) is 0. The van der Waals surface area contributed by atoms with Crippen molar-refractivity contribution >= 4 is 16.8 Å². The molecule has 5 nitrogen and oxygen atoms in total. The van der Waals surface area contributed by atoms with Crippen LogP contribution >= 0.6 is 0 Å². The molecule has 5 heteroatoms. The number of hydrogen-bond acceptors (Lipinski definition) is 5. The SMILES string of the molecule is Nc1cc(-c2ccccn2)c2oc(-c3ccco3)nc2c1. The van der Waals surface area contributed by atoms with Gasteiger partial charge in [0.15, 0.2) is 11.3 Å². The van der Waals surface area contributed by atoms with Gasteiger partial charge in [0.25, 0.3) is 5.89 Å². The highest BCUT2D eigenvalue weighted by molar-refractivity contribution is 5.93. The summed E-state index contributed by atoms with van der Waals surface area (Å²) < 4.78 is 11.2. The van der Waals surface area contributed by atoms with Crippen molar-refractivity contribution in [1.82, 2.24) is 9.97 Å². The maximum absolute atomic E-state index is 5.96. The minimum Gasteiger partial charge on any atom is -0.459 e. The zero-order valence-corrected chi connectivity index (χ0v) is 11.0. The number of rotatable bonds is 2. The van der Waals surface area contributed by atoms with Gasteiger partial charge >= 0.3 is 0 Å². The molecule has 21 heavy (non-hydrogen) atoms. The predicted molar refractivity (Wildman–Crippen MR) is 79.4 cm³/mol. The largest absolute Gasteiger partial charge is 0.459 e. The molecule has 0 saturated carbocycles. The van der Waals surface area contributed by atoms with Crippen LogP contribution < -0.4 is 5.73 Å². The zero-order valence-electron chi connectivity index (χ0n) is 11.0. The predicted octanol–water partition coefficient (Wildman–Crippen LogP) is 3.73. The van der Waals surface area contributed by atoms with E-state index in [9.17, 15) is 0 Å². The third-order valence-corrected chi connectivity index (χ3v) is 3.19. The lowest BCUT2D eigenvalue weighted by molar-refractivity contribution is 0.535. The second-order valence-electron chi connectivity index (χ2n) is 4.63. The molecule has 3 aromatic heterocycles. The van der Waals surface area contributed by atoms with Gasteiger partial charge < -0.3 is 14.6 Å². The molecule has 1 aromatic carbocycles. The summed E-state index contributed by atoms with van der Waals surface area (Å²) in [4.78, 5) is 8.78. The fourth-order valence-electron chi connectivity index (χ4n) is 2.27. The monoisotopic (exact) mass is 277 g/mol. The average Bonchev–Trinajstić information content (AvgIpc) is 3.16. The summed E-state index contributed by atoms with van der Waals surface area (Å²) in [5.74, 6) is 1.01. The second kappa shape index (κ2) is 4.49. The summed E-state index contributed by atoms with van der Waals surface area (Å²) in [5, 5.41) is 0. The summed E-state index contributed by atoms with van der Waals surface area (Å²) in [6, 6.07) is 12.9. The minimum atomic E-state index is 0.429. The van der Waals surface area contributed by atoms with Gasteiger partial charge in [-0.1, -0.05) is 6.07 Å². The van der Waals surface area contributed by atoms with E-state index in [1.807, 2.05) is 24.3 Å². The second-order valence-corrected chi connectivity index (χ2v) is 4.63. The normalized spacial score (nSPS) is 11.0. The first-order chi connectivity index (χ1) is 10.3. The standard InChI is InChI=1S/C16H11N3O2/c17-10-8-11(12-4-1-2-6-18-12)15-13(9-10)19-16(21-15)14-5-3-7-20-14/h1-9H,17H2. The van der Waals surface area contributed by atoms with Crippen molar-refractivity contribution in [2.24, 2.45) is 0 Å². The van der Waals surface area contributed by atoms with Gasteiger partial charge in [-0.25, -0.2) is 4.98 Å². The Balaban J connectivity index is 1.99. The highest BCUT2D eigenvalue weighted by atomic mass is 16.4. The Hall–Kier alpha value is -3.08. The lowest BCUT2D eigenvalue weighted by atomic mass is 10.1. The number of fused-ring (bicyclic) bond motifs is 1. The van der Waals surface area contributed by atoms with Crippen LogP contribution in [0.5, 0.6) is 0 Å². The van der Waals surface area contributed by atoms with Crippen LogP contribution in [0.25, 0.3) is 34.0 Å². The van der Waals surface area contributed by atoms with Crippen LogP contribution in [0.4, 0.5) is 5.69 Å². The van der Waals surface area contributed by atoms with E-state index in [4.69, 9.17) is 14.6 Å². The maximum atomic E-state index is 5.96. The van der Waals surface area contributed by atoms with Gasteiger partial charge in [0.2, 0.25) is 0 Å². The van der Waals surface area contributed by atoms with Crippen molar-refractivity contribution in [3.05, 3.63) is 54.9 Å². The maximum Gasteiger partial charge on any atom is 0.263 e. The molecule has 102 valence electrons. The molecule has 0 spiro atoms. The first-order valence-electron chi connectivity index (χ1n) is 6.46. The summed E-state index contributed by atoms with van der Waals surface area (Å²) >= 11 is 0. The molecule has 4 aromatic rings. The smallest absolute Gasteiger partial charge is 0.263 e. The molecule has 0 unspecified atom stereocenters. The van der Waals surface area contributed by atoms with Crippen LogP contribution in [-0.2, 0) is 0 Å². The minimum absolute atomic E-state index is 0.429. The molecule has 0 aliphatic rings. The van der Waals surface area contributed by atoms with Crippen LogP contribution in [-0.4, -0.2) is 9.97 Å². The molecule has 4 rings (SSSR count). The van der Waals surface area contributed by atoms with Gasteiger partial charge in [-0.15, -0.1) is 0 Å². The van der Waals surface area contributed by atoms with Crippen molar-refractivity contribution in [2.45, 2.75) is 0 Å². The zero-order chi connectivity index (χ0) is 14.2. The van der Waals surface area contributed by atoms with Crippen LogP contribution in [0.1, 0.15) is 0 Å². The number of anilines is 1. The molecule has 0 fully saturated rings. The van der Waals surface area contributed by atoms with Gasteiger partial charge in [0, 0.05) is 17.4 Å². The van der Waals surface area contributed by atoms with E-state index in [1.165, 1.54) is 0 Å². The molecule has 0 saturated heterocycles. The third-order valence-electron chi connectivity index (χ3n) is 3.19. The van der Waals surface area contributed by atoms with E-state index in [2.05, 4.69) is 9.97 Å². The highest BCUT2D eigenvalue weighted by Crippen LogP contribution is 2.33. The van der Waals surface area contributed by atoms with Crippen LogP contribution in [0.2, 0.25) is 0 Å². The van der Waals surface area contributed by atoms with Gasteiger partial charge in [-0.3, -0.25) is 4.98 Å². The van der Waals surface area contributed by atoms with E-state index < -0.39 is 0 Å². The molecular weight excluding hydrogens is 266 g/mol. The molecule has 0 amide bonds. The first kappa shape index (κ1) is 11.7. The molecule has 0 aliphatic carbocycles. The molecule has 0 aliphatic heterocycles. The first-order valence-corrected chi connectivity index (χ1v) is 6.46. The van der Waals surface area contributed by atoms with Crippen LogP contribution in [0.15, 0.2) is 63.8 Å². The quantitative estimate of drug-likeness (QED) is 0.565. The number of aromatic nitrogens is 2. The Labute approximate surface area is 120 Å². The van der Waals surface area contributed by atoms with Gasteiger partial charge in [-0.05, 0) is 36.4 Å². The summed E-state index contributed by atoms with van der Waals surface area (Å²) in [6.07, 6.45) is 3.31. The fraction of sp³-hybridized carbons (Fsp3) is 0. The van der Waals surface area contributed by atoms with Gasteiger partial charge in [-0.2, -0.15) is 0 Å². The van der Waals surface area contributed by atoms with E-state index >= 15 is 0 Å². The Bertz CT molecular complexity index is 896. The van der Waals surface area contributed by atoms with Gasteiger partial charge in [0.05, 0.1) is 12.0 Å². The van der Waals surface area contributed by atoms with E-state index in [0.29, 0.717) is 28.4 Å². The number of pyridine rings is 1. The topological polar surface area (TPSA) is 78.1 Å². The molecular formula is C16H11N3O2. The van der Waals surface area contributed by atoms with Crippen LogP contribution in [0.3, 0.4) is 0 Å². The Morgan fingerprint density at radius 2 is 2.00 bits per heavy atom. The van der Waals surface area contributed by atoms with Crippen molar-refractivity contribution < 1.29 is 8.83 Å². The number of benzene rings is 1. The van der Waals surface area contributed by atoms with Gasteiger partial charge in [0.1, 0.15) is 5.52 Å². The Morgan fingerprint density at radius 3 is 2.76 bits per heavy atom. The number of hydrogen-bond donors (Lipinski definition) is 1. The third kappa shape index (κ3) is 1.95. The average molecular weight is 277 g/mol. The fourth-order valence-corrected chi connectivity index (χ4v) is 2.27. The Morgan fingerprint density at radius 1 is 1.05 bits per heavy atom. The summed E-state index contributed by atoms with van der Waals surface area (Å²) in [7, 11) is 0. The molecule has 0 atom stereocenters. The van der Waals surface area contributed by atoms with E-state index in [0.717, 1.165) is 11.3 Å². The Kier molecular flexibility index (Phi) is 2.50. The molecule has 0 bridgehead atoms. The van der Waals surface area contributed by atoms with Crippen LogP contribution in [0, 0.1) is 0 Å². The van der Waals surface area contributed by atoms with Crippen molar-refractivity contribution in [3.8, 4) is 22.9 Å². The van der Waals surface area contributed by atoms with Crippen molar-refractivity contribution in [1.29, 1.82) is 0 Å². The lowest BCUT2D eigenvalue weighted by Gasteiger charge is -2.02. The molecule has 0 radical (unpaired) electrons. The number of oxazole rings is 1. The summed E-state index contributed by atoms with van der Waals surface area (Å²) in [5.41, 5.74) is 9.50. The number of nitrogens with two attached hydrogens (primary N) is 1.